The van der Waals surface area contributed by atoms with Crippen molar-refractivity contribution in [2.75, 3.05) is 5.88 Å². The Kier molecular flexibility index (Phi) is 7.81. The van der Waals surface area contributed by atoms with Crippen LogP contribution < -0.4 is 0 Å². The van der Waals surface area contributed by atoms with Crippen LogP contribution in [0.15, 0.2) is 0 Å². The molecule has 0 amide bonds. The van der Waals surface area contributed by atoms with Crippen molar-refractivity contribution in [2.24, 2.45) is 5.92 Å². The predicted octanol–water partition coefficient (Wildman–Crippen LogP) is 5.21. The van der Waals surface area contributed by atoms with Gasteiger partial charge in [-0.15, -0.1) is 11.6 Å². The summed E-state index contributed by atoms with van der Waals surface area (Å²) in [5, 5.41) is 0.710. The molecule has 0 fully saturated rings. The van der Waals surface area contributed by atoms with E-state index in [1.54, 1.807) is 0 Å². The summed E-state index contributed by atoms with van der Waals surface area (Å²) in [6.45, 7) is 11.4. The number of rotatable bonds is 6. The largest absolute Gasteiger partial charge is 0.127 e. The fraction of sp³-hybridized carbons (Fsp3) is 1.00. The van der Waals surface area contributed by atoms with Crippen molar-refractivity contribution >= 4 is 33.2 Å². The van der Waals surface area contributed by atoms with Gasteiger partial charge in [0, 0.05) is 15.9 Å². The first-order valence-corrected chi connectivity index (χ1v) is 8.06. The molecule has 0 saturated heterocycles. The first kappa shape index (κ1) is 15.0. The molecule has 0 N–H and O–H groups in total. The Hall–Kier alpha value is 0.990. The molecule has 2 atom stereocenters. The zero-order valence-corrected chi connectivity index (χ0v) is 12.4. The van der Waals surface area contributed by atoms with Gasteiger partial charge in [-0.3, -0.25) is 0 Å². The maximum absolute atomic E-state index is 5.82. The van der Waals surface area contributed by atoms with E-state index in [4.69, 9.17) is 11.6 Å². The Morgan fingerprint density at radius 1 is 1.29 bits per heavy atom. The average Bonchev–Trinajstić information content (AvgIpc) is 2.09. The van der Waals surface area contributed by atoms with E-state index in [0.29, 0.717) is 10.00 Å². The molecule has 0 aliphatic rings. The highest BCUT2D eigenvalue weighted by molar-refractivity contribution is 8.77. The van der Waals surface area contributed by atoms with Crippen LogP contribution in [0, 0.1) is 5.92 Å². The second-order valence-electron chi connectivity index (χ2n) is 4.69. The maximum atomic E-state index is 5.82. The zero-order chi connectivity index (χ0) is 11.2. The van der Waals surface area contributed by atoms with Gasteiger partial charge in [0.05, 0.1) is 0 Å². The van der Waals surface area contributed by atoms with Crippen LogP contribution in [-0.2, 0) is 0 Å². The standard InChI is InChI=1S/C11H23ClS2/c1-6-9(2)10(7-8-12)13-14-11(3,4)5/h9-10H,6-8H2,1-5H3. The van der Waals surface area contributed by atoms with Crippen LogP contribution in [-0.4, -0.2) is 15.9 Å². The molecule has 2 unspecified atom stereocenters. The van der Waals surface area contributed by atoms with Gasteiger partial charge in [0.15, 0.2) is 0 Å². The summed E-state index contributed by atoms with van der Waals surface area (Å²) in [6, 6.07) is 0. The van der Waals surface area contributed by atoms with Crippen LogP contribution in [0.3, 0.4) is 0 Å². The third-order valence-corrected chi connectivity index (χ3v) is 6.39. The average molecular weight is 255 g/mol. The molecule has 14 heavy (non-hydrogen) atoms. The highest BCUT2D eigenvalue weighted by Crippen LogP contribution is 2.42. The molecule has 0 rings (SSSR count). The van der Waals surface area contributed by atoms with Crippen LogP contribution in [0.5, 0.6) is 0 Å². The molecule has 0 aromatic carbocycles. The van der Waals surface area contributed by atoms with Crippen molar-refractivity contribution in [1.29, 1.82) is 0 Å². The summed E-state index contributed by atoms with van der Waals surface area (Å²) in [5.74, 6) is 1.56. The van der Waals surface area contributed by atoms with Gasteiger partial charge in [-0.05, 0) is 12.3 Å². The van der Waals surface area contributed by atoms with Gasteiger partial charge in [-0.1, -0.05) is 62.6 Å². The van der Waals surface area contributed by atoms with Crippen LogP contribution in [0.1, 0.15) is 47.5 Å². The molecule has 86 valence electrons. The normalized spacial score (nSPS) is 16.7. The molecule has 0 aliphatic carbocycles. The van der Waals surface area contributed by atoms with Crippen molar-refractivity contribution in [3.8, 4) is 0 Å². The molecular formula is C11H23ClS2. The Balaban J connectivity index is 3.96. The van der Waals surface area contributed by atoms with Gasteiger partial charge < -0.3 is 0 Å². The monoisotopic (exact) mass is 254 g/mol. The van der Waals surface area contributed by atoms with Gasteiger partial charge in [0.1, 0.15) is 0 Å². The topological polar surface area (TPSA) is 0 Å². The second kappa shape index (κ2) is 7.29. The van der Waals surface area contributed by atoms with Crippen LogP contribution in [0.4, 0.5) is 0 Å². The van der Waals surface area contributed by atoms with Crippen molar-refractivity contribution in [3.63, 3.8) is 0 Å². The number of hydrogen-bond acceptors (Lipinski definition) is 2. The van der Waals surface area contributed by atoms with Gasteiger partial charge in [0.25, 0.3) is 0 Å². The lowest BCUT2D eigenvalue weighted by atomic mass is 10.0. The molecule has 0 aromatic rings. The Labute approximate surface area is 102 Å². The highest BCUT2D eigenvalue weighted by Gasteiger charge is 2.20. The molecule has 0 aromatic heterocycles. The minimum absolute atomic E-state index is 0.350. The van der Waals surface area contributed by atoms with E-state index >= 15 is 0 Å². The van der Waals surface area contributed by atoms with E-state index in [2.05, 4.69) is 34.6 Å². The number of alkyl halides is 1. The summed E-state index contributed by atoms with van der Waals surface area (Å²) in [4.78, 5) is 0. The lowest BCUT2D eigenvalue weighted by Crippen LogP contribution is -2.15. The van der Waals surface area contributed by atoms with Crippen molar-refractivity contribution in [3.05, 3.63) is 0 Å². The Morgan fingerprint density at radius 3 is 2.21 bits per heavy atom. The SMILES string of the molecule is CCC(C)C(CCCl)SSC(C)(C)C. The summed E-state index contributed by atoms with van der Waals surface area (Å²) in [6.07, 6.45) is 2.38. The Morgan fingerprint density at radius 2 is 1.86 bits per heavy atom. The lowest BCUT2D eigenvalue weighted by molar-refractivity contribution is 0.527. The summed E-state index contributed by atoms with van der Waals surface area (Å²) >= 11 is 5.82. The van der Waals surface area contributed by atoms with Crippen LogP contribution in [0.25, 0.3) is 0 Å². The van der Waals surface area contributed by atoms with Crippen LogP contribution in [0.2, 0.25) is 0 Å². The van der Waals surface area contributed by atoms with Gasteiger partial charge >= 0.3 is 0 Å². The second-order valence-corrected chi connectivity index (χ2v) is 8.34. The molecular weight excluding hydrogens is 232 g/mol. The summed E-state index contributed by atoms with van der Waals surface area (Å²) < 4.78 is 0.350. The third-order valence-electron chi connectivity index (χ3n) is 2.09. The highest BCUT2D eigenvalue weighted by atomic mass is 35.5. The van der Waals surface area contributed by atoms with E-state index in [-0.39, 0.29) is 0 Å². The minimum Gasteiger partial charge on any atom is -0.127 e. The lowest BCUT2D eigenvalue weighted by Gasteiger charge is -2.25. The Bertz CT molecular complexity index is 143. The molecule has 0 heterocycles. The molecule has 0 radical (unpaired) electrons. The fourth-order valence-electron chi connectivity index (χ4n) is 1.00. The fourth-order valence-corrected chi connectivity index (χ4v) is 4.47. The van der Waals surface area contributed by atoms with Crippen molar-refractivity contribution in [1.82, 2.24) is 0 Å². The summed E-state index contributed by atoms with van der Waals surface area (Å²) in [5.41, 5.74) is 0. The van der Waals surface area contributed by atoms with Crippen LogP contribution >= 0.6 is 33.2 Å². The van der Waals surface area contributed by atoms with Gasteiger partial charge in [-0.2, -0.15) is 0 Å². The molecule has 0 nitrogen and oxygen atoms in total. The number of halogens is 1. The molecule has 0 bridgehead atoms. The first-order chi connectivity index (χ1) is 6.40. The minimum atomic E-state index is 0.350. The van der Waals surface area contributed by atoms with E-state index in [1.165, 1.54) is 6.42 Å². The quantitative estimate of drug-likeness (QED) is 0.471. The molecule has 0 spiro atoms. The van der Waals surface area contributed by atoms with E-state index in [9.17, 15) is 0 Å². The third kappa shape index (κ3) is 7.30. The zero-order valence-electron chi connectivity index (χ0n) is 9.97. The summed E-state index contributed by atoms with van der Waals surface area (Å²) in [7, 11) is 4.00. The molecule has 3 heteroatoms. The van der Waals surface area contributed by atoms with E-state index < -0.39 is 0 Å². The van der Waals surface area contributed by atoms with Crippen molar-refractivity contribution in [2.45, 2.75) is 57.5 Å². The predicted molar refractivity (Wildman–Crippen MR) is 73.5 cm³/mol. The van der Waals surface area contributed by atoms with Crippen molar-refractivity contribution < 1.29 is 0 Å². The first-order valence-electron chi connectivity index (χ1n) is 5.31. The molecule has 0 aliphatic heterocycles. The smallest absolute Gasteiger partial charge is 0.0234 e. The van der Waals surface area contributed by atoms with E-state index in [1.807, 2.05) is 21.6 Å². The van der Waals surface area contributed by atoms with Gasteiger partial charge in [-0.25, -0.2) is 0 Å². The molecule has 0 saturated carbocycles. The van der Waals surface area contributed by atoms with Gasteiger partial charge in [0.2, 0.25) is 0 Å². The number of hydrogen-bond donors (Lipinski definition) is 0. The maximum Gasteiger partial charge on any atom is 0.0234 e. The van der Waals surface area contributed by atoms with E-state index in [0.717, 1.165) is 18.2 Å².